The van der Waals surface area contributed by atoms with E-state index in [4.69, 9.17) is 0 Å². The summed E-state index contributed by atoms with van der Waals surface area (Å²) < 4.78 is 4.57. The van der Waals surface area contributed by atoms with Crippen LogP contribution in [-0.2, 0) is 9.53 Å². The summed E-state index contributed by atoms with van der Waals surface area (Å²) in [4.78, 5) is 22.8. The van der Waals surface area contributed by atoms with Gasteiger partial charge in [0, 0.05) is 5.69 Å². The minimum absolute atomic E-state index is 0.423. The molecule has 1 aromatic carbocycles. The van der Waals surface area contributed by atoms with Gasteiger partial charge in [0.05, 0.1) is 7.11 Å². The lowest BCUT2D eigenvalue weighted by atomic mass is 10.2. The molecule has 0 saturated carbocycles. The van der Waals surface area contributed by atoms with Crippen molar-refractivity contribution in [2.24, 2.45) is 0 Å². The first kappa shape index (κ1) is 13.0. The predicted molar refractivity (Wildman–Crippen MR) is 64.7 cm³/mol. The Kier molecular flexibility index (Phi) is 5.00. The van der Waals surface area contributed by atoms with Crippen LogP contribution >= 0.6 is 0 Å². The van der Waals surface area contributed by atoms with Crippen LogP contribution in [0.2, 0.25) is 0 Å². The molecule has 1 atom stereocenters. The zero-order valence-corrected chi connectivity index (χ0v) is 9.90. The third-order valence-corrected chi connectivity index (χ3v) is 2.23. The fourth-order valence-corrected chi connectivity index (χ4v) is 1.32. The summed E-state index contributed by atoms with van der Waals surface area (Å²) in [5, 5.41) is 5.17. The van der Waals surface area contributed by atoms with E-state index in [1.54, 1.807) is 19.1 Å². The van der Waals surface area contributed by atoms with Crippen LogP contribution in [0.1, 0.15) is 13.3 Å². The first-order valence-electron chi connectivity index (χ1n) is 5.37. The maximum Gasteiger partial charge on any atom is 0.328 e. The molecule has 2 amide bonds. The summed E-state index contributed by atoms with van der Waals surface area (Å²) in [6.07, 6.45) is 0.481. The number of amides is 2. The predicted octanol–water partition coefficient (Wildman–Crippen LogP) is 1.76. The topological polar surface area (TPSA) is 67.4 Å². The van der Waals surface area contributed by atoms with E-state index in [1.165, 1.54) is 7.11 Å². The quantitative estimate of drug-likeness (QED) is 0.783. The maximum atomic E-state index is 11.6. The third kappa shape index (κ3) is 4.14. The zero-order valence-electron chi connectivity index (χ0n) is 9.90. The van der Waals surface area contributed by atoms with Gasteiger partial charge in [0.15, 0.2) is 0 Å². The summed E-state index contributed by atoms with van der Waals surface area (Å²) in [6, 6.07) is 7.96. The lowest BCUT2D eigenvalue weighted by molar-refractivity contribution is -0.142. The number of hydrogen-bond donors (Lipinski definition) is 2. The van der Waals surface area contributed by atoms with Gasteiger partial charge in [0.25, 0.3) is 0 Å². The van der Waals surface area contributed by atoms with Gasteiger partial charge in [-0.05, 0) is 18.6 Å². The van der Waals surface area contributed by atoms with Gasteiger partial charge in [-0.15, -0.1) is 0 Å². The molecule has 0 spiro atoms. The fraction of sp³-hybridized carbons (Fsp3) is 0.333. The zero-order chi connectivity index (χ0) is 12.7. The van der Waals surface area contributed by atoms with Crippen molar-refractivity contribution >= 4 is 17.7 Å². The SMILES string of the molecule is CCC(NC(=O)Nc1ccccc1)C(=O)OC. The number of esters is 1. The minimum atomic E-state index is -0.622. The number of ether oxygens (including phenoxy) is 1. The average Bonchev–Trinajstić information content (AvgIpc) is 2.36. The Morgan fingerprint density at radius 1 is 1.29 bits per heavy atom. The Balaban J connectivity index is 2.51. The molecule has 1 unspecified atom stereocenters. The molecule has 0 saturated heterocycles. The van der Waals surface area contributed by atoms with E-state index in [9.17, 15) is 9.59 Å². The molecule has 5 nitrogen and oxygen atoms in total. The molecular formula is C12H16N2O3. The number of hydrogen-bond acceptors (Lipinski definition) is 3. The van der Waals surface area contributed by atoms with Crippen LogP contribution in [-0.4, -0.2) is 25.2 Å². The summed E-state index contributed by atoms with van der Waals surface area (Å²) >= 11 is 0. The highest BCUT2D eigenvalue weighted by Crippen LogP contribution is 2.04. The van der Waals surface area contributed by atoms with Crippen LogP contribution < -0.4 is 10.6 Å². The molecule has 0 aliphatic carbocycles. The fourth-order valence-electron chi connectivity index (χ4n) is 1.32. The van der Waals surface area contributed by atoms with Crippen molar-refractivity contribution in [1.82, 2.24) is 5.32 Å². The second-order valence-electron chi connectivity index (χ2n) is 3.45. The van der Waals surface area contributed by atoms with E-state index in [-0.39, 0.29) is 0 Å². The number of carbonyl (C=O) groups is 2. The van der Waals surface area contributed by atoms with Crippen molar-refractivity contribution < 1.29 is 14.3 Å². The molecular weight excluding hydrogens is 220 g/mol. The molecule has 0 radical (unpaired) electrons. The normalized spacial score (nSPS) is 11.4. The number of anilines is 1. The number of urea groups is 1. The lowest BCUT2D eigenvalue weighted by Crippen LogP contribution is -2.43. The molecule has 17 heavy (non-hydrogen) atoms. The van der Waals surface area contributed by atoms with Crippen molar-refractivity contribution in [1.29, 1.82) is 0 Å². The monoisotopic (exact) mass is 236 g/mol. The van der Waals surface area contributed by atoms with Crippen LogP contribution in [0.15, 0.2) is 30.3 Å². The first-order valence-corrected chi connectivity index (χ1v) is 5.37. The smallest absolute Gasteiger partial charge is 0.328 e. The van der Waals surface area contributed by atoms with E-state index in [1.807, 2.05) is 18.2 Å². The Labute approximate surface area is 100 Å². The molecule has 92 valence electrons. The number of methoxy groups -OCH3 is 1. The number of para-hydroxylation sites is 1. The van der Waals surface area contributed by atoms with E-state index in [0.29, 0.717) is 12.1 Å². The van der Waals surface area contributed by atoms with Gasteiger partial charge in [-0.3, -0.25) is 0 Å². The van der Waals surface area contributed by atoms with E-state index >= 15 is 0 Å². The summed E-state index contributed by atoms with van der Waals surface area (Å²) in [6.45, 7) is 1.80. The summed E-state index contributed by atoms with van der Waals surface area (Å²) in [7, 11) is 1.29. The number of nitrogens with one attached hydrogen (secondary N) is 2. The van der Waals surface area contributed by atoms with Crippen molar-refractivity contribution in [3.05, 3.63) is 30.3 Å². The molecule has 1 aromatic rings. The minimum Gasteiger partial charge on any atom is -0.467 e. The van der Waals surface area contributed by atoms with Gasteiger partial charge in [0.1, 0.15) is 6.04 Å². The van der Waals surface area contributed by atoms with Crippen molar-refractivity contribution in [3.63, 3.8) is 0 Å². The molecule has 0 bridgehead atoms. The molecule has 2 N–H and O–H groups in total. The highest BCUT2D eigenvalue weighted by molar-refractivity contribution is 5.92. The Bertz CT molecular complexity index is 379. The van der Waals surface area contributed by atoms with Gasteiger partial charge < -0.3 is 15.4 Å². The Morgan fingerprint density at radius 3 is 2.47 bits per heavy atom. The molecule has 5 heteroatoms. The second kappa shape index (κ2) is 6.52. The van der Waals surface area contributed by atoms with Gasteiger partial charge in [-0.25, -0.2) is 9.59 Å². The van der Waals surface area contributed by atoms with E-state index in [2.05, 4.69) is 15.4 Å². The molecule has 1 rings (SSSR count). The number of rotatable bonds is 4. The van der Waals surface area contributed by atoms with Gasteiger partial charge in [-0.1, -0.05) is 25.1 Å². The molecule has 0 fully saturated rings. The maximum absolute atomic E-state index is 11.6. The lowest BCUT2D eigenvalue weighted by Gasteiger charge is -2.14. The van der Waals surface area contributed by atoms with Crippen LogP contribution in [0, 0.1) is 0 Å². The highest BCUT2D eigenvalue weighted by atomic mass is 16.5. The summed E-state index contributed by atoms with van der Waals surface area (Å²) in [5.41, 5.74) is 0.671. The summed E-state index contributed by atoms with van der Waals surface area (Å²) in [5.74, 6) is -0.448. The number of carbonyl (C=O) groups excluding carboxylic acids is 2. The largest absolute Gasteiger partial charge is 0.467 e. The average molecular weight is 236 g/mol. The van der Waals surface area contributed by atoms with Crippen LogP contribution in [0.5, 0.6) is 0 Å². The molecule has 0 heterocycles. The van der Waals surface area contributed by atoms with Crippen molar-refractivity contribution in [2.75, 3.05) is 12.4 Å². The Hall–Kier alpha value is -2.04. The van der Waals surface area contributed by atoms with Crippen LogP contribution in [0.25, 0.3) is 0 Å². The highest BCUT2D eigenvalue weighted by Gasteiger charge is 2.18. The van der Waals surface area contributed by atoms with E-state index < -0.39 is 18.0 Å². The molecule has 0 aliphatic rings. The third-order valence-electron chi connectivity index (χ3n) is 2.23. The standard InChI is InChI=1S/C12H16N2O3/c1-3-10(11(15)17-2)14-12(16)13-9-7-5-4-6-8-9/h4-8,10H,3H2,1-2H3,(H2,13,14,16). The van der Waals surface area contributed by atoms with Crippen LogP contribution in [0.3, 0.4) is 0 Å². The Morgan fingerprint density at radius 2 is 1.94 bits per heavy atom. The van der Waals surface area contributed by atoms with Gasteiger partial charge in [-0.2, -0.15) is 0 Å². The van der Waals surface area contributed by atoms with E-state index in [0.717, 1.165) is 0 Å². The molecule has 0 aliphatic heterocycles. The van der Waals surface area contributed by atoms with Gasteiger partial charge >= 0.3 is 12.0 Å². The first-order chi connectivity index (χ1) is 8.17. The van der Waals surface area contributed by atoms with Gasteiger partial charge in [0.2, 0.25) is 0 Å². The van der Waals surface area contributed by atoms with Crippen LogP contribution in [0.4, 0.5) is 10.5 Å². The van der Waals surface area contributed by atoms with Crippen molar-refractivity contribution in [3.8, 4) is 0 Å². The van der Waals surface area contributed by atoms with Crippen molar-refractivity contribution in [2.45, 2.75) is 19.4 Å². The second-order valence-corrected chi connectivity index (χ2v) is 3.45. The number of benzene rings is 1. The molecule has 0 aromatic heterocycles.